The Morgan fingerprint density at radius 2 is 2.05 bits per heavy atom. The van der Waals surface area contributed by atoms with E-state index < -0.39 is 16.7 Å². The smallest absolute Gasteiger partial charge is 0.258 e. The highest BCUT2D eigenvalue weighted by molar-refractivity contribution is 5.80. The molecule has 0 unspecified atom stereocenters. The van der Waals surface area contributed by atoms with Gasteiger partial charge in [-0.25, -0.2) is 4.98 Å². The molecule has 1 aromatic heterocycles. The molecule has 1 N–H and O–H groups in total. The number of rotatable bonds is 4. The molecule has 114 valence electrons. The van der Waals surface area contributed by atoms with E-state index in [4.69, 9.17) is 0 Å². The van der Waals surface area contributed by atoms with Gasteiger partial charge in [0.2, 0.25) is 5.82 Å². The highest BCUT2D eigenvalue weighted by Crippen LogP contribution is 2.29. The molecule has 0 aliphatic carbocycles. The summed E-state index contributed by atoms with van der Waals surface area (Å²) in [6.07, 6.45) is -2.00. The molecule has 1 heterocycles. The maximum Gasteiger partial charge on any atom is 0.416 e. The molecule has 2 rings (SSSR count). The Morgan fingerprint density at radius 1 is 1.27 bits per heavy atom. The van der Waals surface area contributed by atoms with E-state index >= 15 is 0 Å². The Bertz CT molecular complexity index is 716. The lowest BCUT2D eigenvalue weighted by atomic mass is 10.1. The van der Waals surface area contributed by atoms with Crippen molar-refractivity contribution in [1.82, 2.24) is 4.98 Å². The van der Waals surface area contributed by atoms with Crippen LogP contribution in [0.5, 0.6) is 0 Å². The molecular formula is C13H9F3N4O2. The van der Waals surface area contributed by atoms with Gasteiger partial charge in [0, 0.05) is 12.3 Å². The van der Waals surface area contributed by atoms with Crippen molar-refractivity contribution in [1.29, 1.82) is 0 Å². The van der Waals surface area contributed by atoms with Crippen LogP contribution in [-0.4, -0.2) is 16.1 Å². The lowest BCUT2D eigenvalue weighted by Crippen LogP contribution is -2.05. The summed E-state index contributed by atoms with van der Waals surface area (Å²) in [5.74, 6) is -0.101. The zero-order valence-electron chi connectivity index (χ0n) is 10.9. The largest absolute Gasteiger partial charge is 0.416 e. The number of nitrogens with one attached hydrogen (secondary N) is 1. The lowest BCUT2D eigenvalue weighted by Gasteiger charge is -2.06. The van der Waals surface area contributed by atoms with Gasteiger partial charge < -0.3 is 0 Å². The second kappa shape index (κ2) is 6.20. The molecular weight excluding hydrogens is 301 g/mol. The minimum Gasteiger partial charge on any atom is -0.258 e. The predicted octanol–water partition coefficient (Wildman–Crippen LogP) is 3.45. The van der Waals surface area contributed by atoms with Gasteiger partial charge >= 0.3 is 11.9 Å². The van der Waals surface area contributed by atoms with Crippen LogP contribution in [0.25, 0.3) is 0 Å². The fourth-order valence-electron chi connectivity index (χ4n) is 1.59. The lowest BCUT2D eigenvalue weighted by molar-refractivity contribution is -0.384. The maximum atomic E-state index is 12.6. The first-order valence-electron chi connectivity index (χ1n) is 5.93. The number of nitrogens with zero attached hydrogens (tertiary/aromatic N) is 3. The molecule has 0 saturated carbocycles. The van der Waals surface area contributed by atoms with Crippen LogP contribution >= 0.6 is 0 Å². The Hall–Kier alpha value is -2.97. The number of anilines is 1. The van der Waals surface area contributed by atoms with Gasteiger partial charge in [-0.05, 0) is 23.8 Å². The minimum absolute atomic E-state index is 0.101. The fraction of sp³-hybridized carbons (Fsp3) is 0.0769. The number of pyridine rings is 1. The van der Waals surface area contributed by atoms with Crippen molar-refractivity contribution in [2.45, 2.75) is 6.18 Å². The molecule has 9 heteroatoms. The Morgan fingerprint density at radius 3 is 2.73 bits per heavy atom. The molecule has 0 saturated heterocycles. The third-order valence-corrected chi connectivity index (χ3v) is 2.58. The zero-order chi connectivity index (χ0) is 16.2. The molecule has 0 aliphatic rings. The van der Waals surface area contributed by atoms with Gasteiger partial charge in [0.15, 0.2) is 0 Å². The van der Waals surface area contributed by atoms with E-state index in [1.807, 2.05) is 0 Å². The molecule has 0 amide bonds. The molecule has 0 atom stereocenters. The van der Waals surface area contributed by atoms with Gasteiger partial charge in [0.1, 0.15) is 0 Å². The Kier molecular flexibility index (Phi) is 4.35. The minimum atomic E-state index is -4.45. The van der Waals surface area contributed by atoms with Gasteiger partial charge in [-0.3, -0.25) is 15.5 Å². The molecule has 0 aliphatic heterocycles. The summed E-state index contributed by atoms with van der Waals surface area (Å²) in [5, 5.41) is 14.4. The third-order valence-electron chi connectivity index (χ3n) is 2.58. The molecule has 2 aromatic rings. The van der Waals surface area contributed by atoms with Crippen LogP contribution in [0.1, 0.15) is 11.1 Å². The van der Waals surface area contributed by atoms with E-state index in [-0.39, 0.29) is 17.1 Å². The molecule has 0 spiro atoms. The van der Waals surface area contributed by atoms with Gasteiger partial charge in [0.25, 0.3) is 0 Å². The van der Waals surface area contributed by atoms with Crippen LogP contribution in [0, 0.1) is 10.1 Å². The Balaban J connectivity index is 2.16. The van der Waals surface area contributed by atoms with E-state index in [1.165, 1.54) is 30.5 Å². The van der Waals surface area contributed by atoms with Crippen molar-refractivity contribution < 1.29 is 18.1 Å². The van der Waals surface area contributed by atoms with E-state index in [0.29, 0.717) is 0 Å². The first-order chi connectivity index (χ1) is 10.4. The van der Waals surface area contributed by atoms with Crippen molar-refractivity contribution in [3.8, 4) is 0 Å². The summed E-state index contributed by atoms with van der Waals surface area (Å²) in [4.78, 5) is 13.9. The van der Waals surface area contributed by atoms with Crippen LogP contribution in [0.4, 0.5) is 24.7 Å². The number of hydrogen-bond acceptors (Lipinski definition) is 5. The topological polar surface area (TPSA) is 80.4 Å². The molecule has 1 aromatic carbocycles. The van der Waals surface area contributed by atoms with Crippen molar-refractivity contribution in [3.05, 3.63) is 63.8 Å². The molecule has 0 fully saturated rings. The first-order valence-corrected chi connectivity index (χ1v) is 5.93. The summed E-state index contributed by atoms with van der Waals surface area (Å²) in [6, 6.07) is 7.14. The van der Waals surface area contributed by atoms with Crippen LogP contribution in [0.3, 0.4) is 0 Å². The number of halogens is 3. The highest BCUT2D eigenvalue weighted by atomic mass is 19.4. The SMILES string of the molecule is O=[N+]([O-])c1cccnc1N/N=C\c1cccc(C(F)(F)F)c1. The number of aromatic nitrogens is 1. The predicted molar refractivity (Wildman–Crippen MR) is 73.6 cm³/mol. The third kappa shape index (κ3) is 3.78. The second-order valence-electron chi connectivity index (χ2n) is 4.12. The van der Waals surface area contributed by atoms with Crippen molar-refractivity contribution in [3.63, 3.8) is 0 Å². The number of nitro groups is 1. The van der Waals surface area contributed by atoms with Crippen LogP contribution in [0.2, 0.25) is 0 Å². The highest BCUT2D eigenvalue weighted by Gasteiger charge is 2.30. The number of benzene rings is 1. The summed E-state index contributed by atoms with van der Waals surface area (Å²) < 4.78 is 37.7. The van der Waals surface area contributed by atoms with E-state index in [2.05, 4.69) is 15.5 Å². The molecule has 0 radical (unpaired) electrons. The van der Waals surface area contributed by atoms with Crippen molar-refractivity contribution >= 4 is 17.7 Å². The average molecular weight is 310 g/mol. The Labute approximate surface area is 122 Å². The number of hydrazone groups is 1. The first kappa shape index (κ1) is 15.4. The van der Waals surface area contributed by atoms with Crippen molar-refractivity contribution in [2.24, 2.45) is 5.10 Å². The monoisotopic (exact) mass is 310 g/mol. The summed E-state index contributed by atoms with van der Waals surface area (Å²) in [7, 11) is 0. The zero-order valence-corrected chi connectivity index (χ0v) is 10.9. The van der Waals surface area contributed by atoms with Crippen molar-refractivity contribution in [2.75, 3.05) is 5.43 Å². The number of alkyl halides is 3. The number of hydrogen-bond donors (Lipinski definition) is 1. The summed E-state index contributed by atoms with van der Waals surface area (Å²) in [6.45, 7) is 0. The average Bonchev–Trinajstić information content (AvgIpc) is 2.47. The van der Waals surface area contributed by atoms with Crippen LogP contribution in [0.15, 0.2) is 47.7 Å². The van der Waals surface area contributed by atoms with Gasteiger partial charge in [-0.2, -0.15) is 18.3 Å². The van der Waals surface area contributed by atoms with Gasteiger partial charge in [-0.15, -0.1) is 0 Å². The quantitative estimate of drug-likeness (QED) is 0.533. The summed E-state index contributed by atoms with van der Waals surface area (Å²) in [5.41, 5.74) is 1.44. The van der Waals surface area contributed by atoms with Crippen LogP contribution < -0.4 is 5.43 Å². The standard InChI is InChI=1S/C13H9F3N4O2/c14-13(15,16)10-4-1-3-9(7-10)8-18-19-12-11(20(21)22)5-2-6-17-12/h1-8H,(H,17,19)/b18-8-. The summed E-state index contributed by atoms with van der Waals surface area (Å²) >= 11 is 0. The molecule has 22 heavy (non-hydrogen) atoms. The van der Waals surface area contributed by atoms with E-state index in [0.717, 1.165) is 18.3 Å². The molecule has 0 bridgehead atoms. The van der Waals surface area contributed by atoms with Gasteiger partial charge in [0.05, 0.1) is 16.7 Å². The molecule has 6 nitrogen and oxygen atoms in total. The maximum absolute atomic E-state index is 12.6. The fourth-order valence-corrected chi connectivity index (χ4v) is 1.59. The second-order valence-corrected chi connectivity index (χ2v) is 4.12. The van der Waals surface area contributed by atoms with E-state index in [9.17, 15) is 23.3 Å². The van der Waals surface area contributed by atoms with E-state index in [1.54, 1.807) is 0 Å². The normalized spacial score (nSPS) is 11.6. The van der Waals surface area contributed by atoms with Crippen LogP contribution in [-0.2, 0) is 6.18 Å². The van der Waals surface area contributed by atoms with Gasteiger partial charge in [-0.1, -0.05) is 12.1 Å².